The van der Waals surface area contributed by atoms with E-state index in [0.717, 1.165) is 32.1 Å². The third-order valence-corrected chi connectivity index (χ3v) is 6.72. The highest BCUT2D eigenvalue weighted by molar-refractivity contribution is 7.99. The van der Waals surface area contributed by atoms with Crippen molar-refractivity contribution in [2.24, 2.45) is 0 Å². The second kappa shape index (κ2) is 9.59. The van der Waals surface area contributed by atoms with Gasteiger partial charge in [-0.05, 0) is 66.7 Å². The Bertz CT molecular complexity index is 1600. The van der Waals surface area contributed by atoms with Gasteiger partial charge in [-0.25, -0.2) is 0 Å². The van der Waals surface area contributed by atoms with Crippen LogP contribution in [-0.2, 0) is 0 Å². The van der Waals surface area contributed by atoms with Gasteiger partial charge in [-0.15, -0.1) is 0 Å². The van der Waals surface area contributed by atoms with Gasteiger partial charge >= 0.3 is 0 Å². The number of anilines is 1. The number of amides is 1. The molecule has 0 radical (unpaired) electrons. The number of ether oxygens (including phenoxy) is 2. The highest BCUT2D eigenvalue weighted by Crippen LogP contribution is 2.36. The topological polar surface area (TPSA) is 89.1 Å². The number of carbonyl (C=O) groups is 1. The van der Waals surface area contributed by atoms with Gasteiger partial charge in [-0.1, -0.05) is 30.0 Å². The molecule has 0 spiro atoms. The van der Waals surface area contributed by atoms with Crippen LogP contribution in [0.3, 0.4) is 0 Å². The molecule has 3 heterocycles. The summed E-state index contributed by atoms with van der Waals surface area (Å²) in [5.41, 5.74) is 3.87. The summed E-state index contributed by atoms with van der Waals surface area (Å²) >= 11 is 1.53. The number of fused-ring (bicyclic) bond motifs is 2. The summed E-state index contributed by atoms with van der Waals surface area (Å²) < 4.78 is 10.8. The molecule has 5 aromatic rings. The number of hydrogen-bond donors (Lipinski definition) is 2. The first-order valence-electron chi connectivity index (χ1n) is 11.3. The molecular weight excluding hydrogens is 472 g/mol. The van der Waals surface area contributed by atoms with E-state index in [1.54, 1.807) is 24.4 Å². The van der Waals surface area contributed by atoms with Crippen molar-refractivity contribution in [2.75, 3.05) is 12.1 Å². The molecule has 2 aromatic heterocycles. The minimum absolute atomic E-state index is 0.189. The third kappa shape index (κ3) is 4.54. The number of nitrogens with one attached hydrogen (secondary N) is 2. The van der Waals surface area contributed by atoms with Crippen LogP contribution in [0, 0.1) is 0 Å². The van der Waals surface area contributed by atoms with Crippen LogP contribution in [0.1, 0.15) is 21.7 Å². The van der Waals surface area contributed by atoms with Crippen LogP contribution in [-0.4, -0.2) is 27.9 Å². The summed E-state index contributed by atoms with van der Waals surface area (Å²) in [5, 5.41) is 11.5. The molecule has 6 rings (SSSR count). The molecule has 2 N–H and O–H groups in total. The average Bonchev–Trinajstić information content (AvgIpc) is 3.54. The minimum Gasteiger partial charge on any atom is -0.454 e. The monoisotopic (exact) mass is 492 g/mol. The predicted octanol–water partition coefficient (Wildman–Crippen LogP) is 6.26. The van der Waals surface area contributed by atoms with E-state index in [-0.39, 0.29) is 12.7 Å². The molecule has 36 heavy (non-hydrogen) atoms. The van der Waals surface area contributed by atoms with Gasteiger partial charge in [0.1, 0.15) is 0 Å². The molecule has 1 amide bonds. The average molecular weight is 493 g/mol. The molecule has 1 aliphatic rings. The van der Waals surface area contributed by atoms with Crippen molar-refractivity contribution in [2.45, 2.75) is 9.79 Å². The van der Waals surface area contributed by atoms with Gasteiger partial charge in [0.15, 0.2) is 11.5 Å². The Morgan fingerprint density at radius 3 is 2.75 bits per heavy atom. The van der Waals surface area contributed by atoms with Crippen molar-refractivity contribution in [1.29, 1.82) is 0 Å². The standard InChI is InChI=1S/C28H20N4O3S/c33-28(30-19-9-13-25-26(15-19)35-17-34-25)22-6-1-2-7-27(22)36-20-10-11-21-23(31-32-24(21)16-20)12-8-18-5-3-4-14-29-18/h1-16H,17H2,(H,30,33)(H,31,32)/b12-8+. The normalized spacial score (nSPS) is 12.3. The summed E-state index contributed by atoms with van der Waals surface area (Å²) in [7, 11) is 0. The van der Waals surface area contributed by atoms with E-state index >= 15 is 0 Å². The van der Waals surface area contributed by atoms with Crippen molar-refractivity contribution in [3.05, 3.63) is 102 Å². The van der Waals surface area contributed by atoms with E-state index in [1.807, 2.05) is 72.8 Å². The number of hydrogen-bond acceptors (Lipinski definition) is 6. The lowest BCUT2D eigenvalue weighted by molar-refractivity contribution is 0.102. The van der Waals surface area contributed by atoms with Crippen LogP contribution in [0.5, 0.6) is 11.5 Å². The summed E-state index contributed by atoms with van der Waals surface area (Å²) in [6.45, 7) is 0.189. The molecule has 0 fully saturated rings. The molecule has 0 unspecified atom stereocenters. The summed E-state index contributed by atoms with van der Waals surface area (Å²) in [4.78, 5) is 19.3. The van der Waals surface area contributed by atoms with Crippen molar-refractivity contribution >= 4 is 46.4 Å². The smallest absolute Gasteiger partial charge is 0.256 e. The molecular formula is C28H20N4O3S. The molecule has 0 saturated carbocycles. The number of benzene rings is 3. The number of aromatic amines is 1. The van der Waals surface area contributed by atoms with Crippen molar-refractivity contribution in [3.8, 4) is 11.5 Å². The molecule has 0 atom stereocenters. The molecule has 176 valence electrons. The number of rotatable bonds is 6. The molecule has 1 aliphatic heterocycles. The largest absolute Gasteiger partial charge is 0.454 e. The fraction of sp³-hybridized carbons (Fsp3) is 0.0357. The molecule has 0 saturated heterocycles. The van der Waals surface area contributed by atoms with Crippen LogP contribution < -0.4 is 14.8 Å². The van der Waals surface area contributed by atoms with Crippen molar-refractivity contribution in [3.63, 3.8) is 0 Å². The van der Waals surface area contributed by atoms with Gasteiger partial charge in [0, 0.05) is 33.1 Å². The Morgan fingerprint density at radius 2 is 1.83 bits per heavy atom. The van der Waals surface area contributed by atoms with Gasteiger partial charge in [0.2, 0.25) is 6.79 Å². The Kier molecular flexibility index (Phi) is 5.85. The van der Waals surface area contributed by atoms with E-state index in [1.165, 1.54) is 11.8 Å². The summed E-state index contributed by atoms with van der Waals surface area (Å²) in [6.07, 6.45) is 5.65. The van der Waals surface area contributed by atoms with Crippen LogP contribution in [0.2, 0.25) is 0 Å². The Hall–Kier alpha value is -4.56. The fourth-order valence-electron chi connectivity index (χ4n) is 3.89. The maximum absolute atomic E-state index is 13.1. The van der Waals surface area contributed by atoms with Gasteiger partial charge < -0.3 is 14.8 Å². The Balaban J connectivity index is 1.21. The zero-order valence-electron chi connectivity index (χ0n) is 19.0. The van der Waals surface area contributed by atoms with Crippen molar-refractivity contribution < 1.29 is 14.3 Å². The molecule has 0 aliphatic carbocycles. The number of pyridine rings is 1. The summed E-state index contributed by atoms with van der Waals surface area (Å²) in [6, 6.07) is 24.8. The Labute approximate surface area is 211 Å². The quantitative estimate of drug-likeness (QED) is 0.291. The van der Waals surface area contributed by atoms with Gasteiger partial charge in [-0.3, -0.25) is 14.9 Å². The molecule has 0 bridgehead atoms. The maximum atomic E-state index is 13.1. The second-order valence-electron chi connectivity index (χ2n) is 8.02. The first-order chi connectivity index (χ1) is 17.7. The first-order valence-corrected chi connectivity index (χ1v) is 12.1. The zero-order chi connectivity index (χ0) is 24.3. The predicted molar refractivity (Wildman–Crippen MR) is 140 cm³/mol. The number of H-pyrrole nitrogens is 1. The minimum atomic E-state index is -0.193. The number of nitrogens with zero attached hydrogens (tertiary/aromatic N) is 2. The zero-order valence-corrected chi connectivity index (χ0v) is 19.8. The van der Waals surface area contributed by atoms with Crippen LogP contribution in [0.4, 0.5) is 5.69 Å². The first kappa shape index (κ1) is 21.9. The Morgan fingerprint density at radius 1 is 0.944 bits per heavy atom. The fourth-order valence-corrected chi connectivity index (χ4v) is 4.88. The van der Waals surface area contributed by atoms with Crippen molar-refractivity contribution in [1.82, 2.24) is 15.2 Å². The lowest BCUT2D eigenvalue weighted by atomic mass is 10.2. The lowest BCUT2D eigenvalue weighted by Gasteiger charge is -2.10. The molecule has 8 heteroatoms. The second-order valence-corrected chi connectivity index (χ2v) is 9.14. The van der Waals surface area contributed by atoms with E-state index in [2.05, 4.69) is 20.5 Å². The highest BCUT2D eigenvalue weighted by Gasteiger charge is 2.17. The third-order valence-electron chi connectivity index (χ3n) is 5.65. The van der Waals surface area contributed by atoms with Gasteiger partial charge in [-0.2, -0.15) is 5.10 Å². The van der Waals surface area contributed by atoms with Gasteiger partial charge in [0.25, 0.3) is 5.91 Å². The van der Waals surface area contributed by atoms with Gasteiger partial charge in [0.05, 0.1) is 22.5 Å². The maximum Gasteiger partial charge on any atom is 0.256 e. The lowest BCUT2D eigenvalue weighted by Crippen LogP contribution is -2.12. The molecule has 3 aromatic carbocycles. The molecule has 7 nitrogen and oxygen atoms in total. The highest BCUT2D eigenvalue weighted by atomic mass is 32.2. The number of carbonyl (C=O) groups excluding carboxylic acids is 1. The van der Waals surface area contributed by atoms with Crippen LogP contribution >= 0.6 is 11.8 Å². The van der Waals surface area contributed by atoms with E-state index in [4.69, 9.17) is 9.47 Å². The summed E-state index contributed by atoms with van der Waals surface area (Å²) in [5.74, 6) is 1.10. The van der Waals surface area contributed by atoms with Crippen LogP contribution in [0.25, 0.3) is 23.1 Å². The SMILES string of the molecule is O=C(Nc1ccc2c(c1)OCO2)c1ccccc1Sc1ccc2c(/C=C/c3ccccn3)n[nH]c2c1. The number of aromatic nitrogens is 3. The van der Waals surface area contributed by atoms with E-state index in [9.17, 15) is 4.79 Å². The van der Waals surface area contributed by atoms with E-state index in [0.29, 0.717) is 22.7 Å². The van der Waals surface area contributed by atoms with E-state index < -0.39 is 0 Å². The van der Waals surface area contributed by atoms with Crippen LogP contribution in [0.15, 0.2) is 94.9 Å².